The van der Waals surface area contributed by atoms with Crippen molar-refractivity contribution in [1.29, 1.82) is 0 Å². The molecular weight excluding hydrogens is 436 g/mol. The molecule has 4 fully saturated rings. The molecule has 0 spiro atoms. The SMILES string of the molecule is CCC(CCC[C@@H](C)[C@H]1CC[C@H]2C3CCC4C[C@@H](OC(C)=O)CC[C@]4(C)C3CC[C@]12C)OC(C)=O. The van der Waals surface area contributed by atoms with Crippen LogP contribution in [-0.2, 0) is 19.1 Å². The van der Waals surface area contributed by atoms with Crippen molar-refractivity contribution < 1.29 is 19.1 Å². The monoisotopic (exact) mass is 488 g/mol. The zero-order valence-corrected chi connectivity index (χ0v) is 23.4. The number of rotatable bonds is 8. The third kappa shape index (κ3) is 5.33. The average molecular weight is 489 g/mol. The zero-order chi connectivity index (χ0) is 25.4. The van der Waals surface area contributed by atoms with Gasteiger partial charge in [-0.25, -0.2) is 0 Å². The molecule has 200 valence electrons. The Morgan fingerprint density at radius 1 is 0.886 bits per heavy atom. The highest BCUT2D eigenvalue weighted by atomic mass is 16.5. The van der Waals surface area contributed by atoms with Gasteiger partial charge < -0.3 is 9.47 Å². The molecule has 0 aromatic rings. The van der Waals surface area contributed by atoms with Crippen molar-refractivity contribution in [3.63, 3.8) is 0 Å². The van der Waals surface area contributed by atoms with E-state index in [1.165, 1.54) is 64.7 Å². The first kappa shape index (κ1) is 27.0. The lowest BCUT2D eigenvalue weighted by Crippen LogP contribution is -2.54. The molecule has 4 unspecified atom stereocenters. The standard InChI is InChI=1S/C31H52O4/c1-7-24(34-21(3)32)10-8-9-20(2)27-13-14-28-26-12-11-23-19-25(35-22(4)33)15-17-30(23,5)29(26)16-18-31(27,28)6/h20,23-29H,7-19H2,1-6H3/t20-,23?,24?,25+,26?,27-,28+,29?,30+,31-/m1/s1. The molecule has 10 atom stereocenters. The second-order valence-electron chi connectivity index (χ2n) is 13.4. The maximum absolute atomic E-state index is 11.5. The predicted octanol–water partition coefficient (Wildman–Crippen LogP) is 7.73. The van der Waals surface area contributed by atoms with E-state index >= 15 is 0 Å². The van der Waals surface area contributed by atoms with Gasteiger partial charge in [-0.3, -0.25) is 9.59 Å². The van der Waals surface area contributed by atoms with Crippen molar-refractivity contribution in [3.8, 4) is 0 Å². The van der Waals surface area contributed by atoms with Crippen LogP contribution < -0.4 is 0 Å². The Kier molecular flexibility index (Phi) is 8.28. The summed E-state index contributed by atoms with van der Waals surface area (Å²) in [7, 11) is 0. The van der Waals surface area contributed by atoms with Crippen LogP contribution in [0.3, 0.4) is 0 Å². The van der Waals surface area contributed by atoms with E-state index in [1.54, 1.807) is 6.92 Å². The van der Waals surface area contributed by atoms with Gasteiger partial charge in [-0.2, -0.15) is 0 Å². The number of carbonyl (C=O) groups excluding carboxylic acids is 2. The van der Waals surface area contributed by atoms with Crippen LogP contribution in [0, 0.1) is 46.3 Å². The molecule has 0 aromatic carbocycles. The van der Waals surface area contributed by atoms with Gasteiger partial charge in [0.05, 0.1) is 0 Å². The summed E-state index contributed by atoms with van der Waals surface area (Å²) >= 11 is 0. The molecule has 0 saturated heterocycles. The van der Waals surface area contributed by atoms with Crippen molar-refractivity contribution in [3.05, 3.63) is 0 Å². The van der Waals surface area contributed by atoms with Gasteiger partial charge in [0.25, 0.3) is 0 Å². The number of hydrogen-bond donors (Lipinski definition) is 0. The molecule has 4 aliphatic carbocycles. The van der Waals surface area contributed by atoms with E-state index < -0.39 is 0 Å². The molecule has 4 aliphatic rings. The maximum atomic E-state index is 11.5. The van der Waals surface area contributed by atoms with Gasteiger partial charge in [-0.1, -0.05) is 34.1 Å². The molecule has 4 heteroatoms. The molecule has 0 aromatic heterocycles. The number of carbonyl (C=O) groups is 2. The molecule has 0 amide bonds. The van der Waals surface area contributed by atoms with Crippen LogP contribution in [0.15, 0.2) is 0 Å². The quantitative estimate of drug-likeness (QED) is 0.328. The normalized spacial score (nSPS) is 42.2. The van der Waals surface area contributed by atoms with Gasteiger partial charge in [-0.05, 0) is 123 Å². The van der Waals surface area contributed by atoms with E-state index in [0.717, 1.165) is 61.2 Å². The Morgan fingerprint density at radius 2 is 1.60 bits per heavy atom. The minimum atomic E-state index is -0.143. The number of hydrogen-bond acceptors (Lipinski definition) is 4. The first-order valence-electron chi connectivity index (χ1n) is 14.9. The van der Waals surface area contributed by atoms with E-state index in [9.17, 15) is 9.59 Å². The van der Waals surface area contributed by atoms with Gasteiger partial charge >= 0.3 is 11.9 Å². The van der Waals surface area contributed by atoms with E-state index in [4.69, 9.17) is 9.47 Å². The Hall–Kier alpha value is -1.06. The second kappa shape index (κ2) is 10.7. The summed E-state index contributed by atoms with van der Waals surface area (Å²) in [5.41, 5.74) is 0.940. The molecule has 0 radical (unpaired) electrons. The van der Waals surface area contributed by atoms with Crippen molar-refractivity contribution in [2.45, 2.75) is 137 Å². The summed E-state index contributed by atoms with van der Waals surface area (Å²) < 4.78 is 11.1. The minimum Gasteiger partial charge on any atom is -0.463 e. The van der Waals surface area contributed by atoms with E-state index in [-0.39, 0.29) is 24.1 Å². The Labute approximate surface area is 214 Å². The number of esters is 2. The smallest absolute Gasteiger partial charge is 0.302 e. The maximum Gasteiger partial charge on any atom is 0.302 e. The largest absolute Gasteiger partial charge is 0.463 e. The molecule has 35 heavy (non-hydrogen) atoms. The van der Waals surface area contributed by atoms with Gasteiger partial charge in [0.2, 0.25) is 0 Å². The summed E-state index contributed by atoms with van der Waals surface area (Å²) in [5.74, 6) is 4.72. The van der Waals surface area contributed by atoms with Gasteiger partial charge in [0.1, 0.15) is 12.2 Å². The lowest BCUT2D eigenvalue weighted by atomic mass is 9.44. The van der Waals surface area contributed by atoms with Crippen LogP contribution in [0.2, 0.25) is 0 Å². The number of fused-ring (bicyclic) bond motifs is 5. The van der Waals surface area contributed by atoms with Gasteiger partial charge in [-0.15, -0.1) is 0 Å². The molecule has 0 N–H and O–H groups in total. The summed E-state index contributed by atoms with van der Waals surface area (Å²) in [5, 5.41) is 0. The Balaban J connectivity index is 1.37. The third-order valence-corrected chi connectivity index (χ3v) is 11.7. The van der Waals surface area contributed by atoms with Crippen molar-refractivity contribution in [1.82, 2.24) is 0 Å². The van der Waals surface area contributed by atoms with Crippen LogP contribution in [0.1, 0.15) is 125 Å². The van der Waals surface area contributed by atoms with Crippen LogP contribution in [0.5, 0.6) is 0 Å². The summed E-state index contributed by atoms with van der Waals surface area (Å²) in [6.07, 6.45) is 16.3. The molecule has 4 rings (SSSR count). The molecule has 0 heterocycles. The van der Waals surface area contributed by atoms with Gasteiger partial charge in [0, 0.05) is 13.8 Å². The summed E-state index contributed by atoms with van der Waals surface area (Å²) in [6, 6.07) is 0. The van der Waals surface area contributed by atoms with E-state index in [2.05, 4.69) is 27.7 Å². The fourth-order valence-corrected chi connectivity index (χ4v) is 9.99. The topological polar surface area (TPSA) is 52.6 Å². The highest BCUT2D eigenvalue weighted by molar-refractivity contribution is 5.66. The zero-order valence-electron chi connectivity index (χ0n) is 23.4. The average Bonchev–Trinajstić information content (AvgIpc) is 3.15. The highest BCUT2D eigenvalue weighted by Gasteiger charge is 2.60. The second-order valence-corrected chi connectivity index (χ2v) is 13.4. The molecule has 0 bridgehead atoms. The highest BCUT2D eigenvalue weighted by Crippen LogP contribution is 2.68. The van der Waals surface area contributed by atoms with Crippen molar-refractivity contribution in [2.75, 3.05) is 0 Å². The van der Waals surface area contributed by atoms with E-state index in [1.807, 2.05) is 0 Å². The predicted molar refractivity (Wildman–Crippen MR) is 140 cm³/mol. The summed E-state index contributed by atoms with van der Waals surface area (Å²) in [4.78, 5) is 22.9. The molecule has 4 saturated carbocycles. The third-order valence-electron chi connectivity index (χ3n) is 11.7. The Morgan fingerprint density at radius 3 is 2.29 bits per heavy atom. The van der Waals surface area contributed by atoms with Crippen molar-refractivity contribution in [2.24, 2.45) is 46.3 Å². The molecule has 4 nitrogen and oxygen atoms in total. The van der Waals surface area contributed by atoms with Crippen LogP contribution in [-0.4, -0.2) is 24.1 Å². The first-order chi connectivity index (χ1) is 16.6. The number of ether oxygens (including phenoxy) is 2. The molecular formula is C31H52O4. The fraction of sp³-hybridized carbons (Fsp3) is 0.935. The lowest BCUT2D eigenvalue weighted by molar-refractivity contribution is -0.160. The lowest BCUT2D eigenvalue weighted by Gasteiger charge is -2.61. The van der Waals surface area contributed by atoms with Crippen LogP contribution in [0.25, 0.3) is 0 Å². The van der Waals surface area contributed by atoms with Crippen LogP contribution in [0.4, 0.5) is 0 Å². The minimum absolute atomic E-state index is 0.0916. The van der Waals surface area contributed by atoms with Gasteiger partial charge in [0.15, 0.2) is 0 Å². The van der Waals surface area contributed by atoms with E-state index in [0.29, 0.717) is 10.8 Å². The Bertz CT molecular complexity index is 763. The molecule has 0 aliphatic heterocycles. The fourth-order valence-electron chi connectivity index (χ4n) is 9.99. The first-order valence-corrected chi connectivity index (χ1v) is 14.9. The van der Waals surface area contributed by atoms with Crippen LogP contribution >= 0.6 is 0 Å². The van der Waals surface area contributed by atoms with Crippen molar-refractivity contribution >= 4 is 11.9 Å². The summed E-state index contributed by atoms with van der Waals surface area (Å²) in [6.45, 7) is 13.0.